The summed E-state index contributed by atoms with van der Waals surface area (Å²) in [6, 6.07) is 20.5. The van der Waals surface area contributed by atoms with Gasteiger partial charge in [0.1, 0.15) is 11.9 Å². The topological polar surface area (TPSA) is 21.8 Å². The van der Waals surface area contributed by atoms with Gasteiger partial charge < -0.3 is 9.47 Å². The Balaban J connectivity index is 1.33. The zero-order chi connectivity index (χ0) is 18.9. The second kappa shape index (κ2) is 7.50. The van der Waals surface area contributed by atoms with Gasteiger partial charge >= 0.3 is 0 Å². The van der Waals surface area contributed by atoms with Crippen molar-refractivity contribution in [2.24, 2.45) is 0 Å². The molecule has 5 rings (SSSR count). The minimum atomic E-state index is -0.129. The van der Waals surface area contributed by atoms with Crippen molar-refractivity contribution in [3.05, 3.63) is 83.2 Å². The van der Waals surface area contributed by atoms with E-state index < -0.39 is 0 Å². The van der Waals surface area contributed by atoms with Crippen LogP contribution in [0, 0.1) is 5.82 Å². The fourth-order valence-electron chi connectivity index (χ4n) is 4.09. The van der Waals surface area contributed by atoms with Gasteiger partial charge in [-0.1, -0.05) is 54.6 Å². The first kappa shape index (κ1) is 17.6. The van der Waals surface area contributed by atoms with E-state index in [2.05, 4.69) is 48.5 Å². The standard InChI is InChI=1S/C25H23FO2/c26-25-14-19(11-10-17(25)6-4-12-27-15-20-16-28-20)22-8-3-9-23-21-7-2-1-5-18(21)13-24(22)23/h1-3,5,7-11,14,20H,4,6,12-13,15-16H2. The summed E-state index contributed by atoms with van der Waals surface area (Å²) in [5, 5.41) is 0. The summed E-state index contributed by atoms with van der Waals surface area (Å²) >= 11 is 0. The molecule has 1 atom stereocenters. The summed E-state index contributed by atoms with van der Waals surface area (Å²) in [5.41, 5.74) is 8.05. The summed E-state index contributed by atoms with van der Waals surface area (Å²) in [5.74, 6) is -0.129. The Kier molecular flexibility index (Phi) is 4.71. The van der Waals surface area contributed by atoms with Crippen LogP contribution in [0.3, 0.4) is 0 Å². The summed E-state index contributed by atoms with van der Waals surface area (Å²) in [4.78, 5) is 0. The average Bonchev–Trinajstić information content (AvgIpc) is 3.46. The SMILES string of the molecule is Fc1cc(-c2cccc3c2Cc2ccccc2-3)ccc1CCCOCC1CO1. The third kappa shape index (κ3) is 3.48. The van der Waals surface area contributed by atoms with Crippen LogP contribution in [0.2, 0.25) is 0 Å². The molecule has 28 heavy (non-hydrogen) atoms. The molecular weight excluding hydrogens is 351 g/mol. The van der Waals surface area contributed by atoms with E-state index >= 15 is 0 Å². The van der Waals surface area contributed by atoms with Gasteiger partial charge in [-0.3, -0.25) is 0 Å². The number of hydrogen-bond acceptors (Lipinski definition) is 2. The Morgan fingerprint density at radius 3 is 2.64 bits per heavy atom. The Morgan fingerprint density at radius 2 is 1.79 bits per heavy atom. The molecule has 3 aromatic carbocycles. The largest absolute Gasteiger partial charge is 0.379 e. The van der Waals surface area contributed by atoms with Crippen LogP contribution in [-0.4, -0.2) is 25.9 Å². The molecule has 0 bridgehead atoms. The molecule has 0 saturated carbocycles. The molecule has 1 unspecified atom stereocenters. The number of fused-ring (bicyclic) bond motifs is 3. The highest BCUT2D eigenvalue weighted by Gasteiger charge is 2.22. The molecule has 1 saturated heterocycles. The van der Waals surface area contributed by atoms with Gasteiger partial charge in [-0.2, -0.15) is 0 Å². The molecule has 0 N–H and O–H groups in total. The lowest BCUT2D eigenvalue weighted by molar-refractivity contribution is 0.114. The molecule has 0 amide bonds. The lowest BCUT2D eigenvalue weighted by Crippen LogP contribution is -2.04. The molecule has 0 radical (unpaired) electrons. The second-order valence-electron chi connectivity index (χ2n) is 7.61. The fourth-order valence-corrected chi connectivity index (χ4v) is 4.09. The van der Waals surface area contributed by atoms with Crippen molar-refractivity contribution in [2.45, 2.75) is 25.4 Å². The zero-order valence-electron chi connectivity index (χ0n) is 15.8. The Morgan fingerprint density at radius 1 is 0.964 bits per heavy atom. The van der Waals surface area contributed by atoms with Crippen LogP contribution in [0.25, 0.3) is 22.3 Å². The maximum absolute atomic E-state index is 14.7. The van der Waals surface area contributed by atoms with Gasteiger partial charge in [0.05, 0.1) is 13.2 Å². The number of hydrogen-bond donors (Lipinski definition) is 0. The van der Waals surface area contributed by atoms with Crippen molar-refractivity contribution in [1.82, 2.24) is 0 Å². The number of rotatable bonds is 7. The number of aryl methyl sites for hydroxylation is 1. The van der Waals surface area contributed by atoms with Gasteiger partial charge in [0.25, 0.3) is 0 Å². The van der Waals surface area contributed by atoms with Crippen molar-refractivity contribution in [2.75, 3.05) is 19.8 Å². The lowest BCUT2D eigenvalue weighted by Gasteiger charge is -2.11. The predicted molar refractivity (Wildman–Crippen MR) is 109 cm³/mol. The van der Waals surface area contributed by atoms with E-state index in [0.717, 1.165) is 36.1 Å². The van der Waals surface area contributed by atoms with Crippen molar-refractivity contribution >= 4 is 0 Å². The van der Waals surface area contributed by atoms with Gasteiger partial charge in [0.15, 0.2) is 0 Å². The molecule has 2 nitrogen and oxygen atoms in total. The van der Waals surface area contributed by atoms with E-state index in [9.17, 15) is 4.39 Å². The Bertz CT molecular complexity index is 1010. The van der Waals surface area contributed by atoms with Crippen LogP contribution in [0.15, 0.2) is 60.7 Å². The minimum absolute atomic E-state index is 0.129. The van der Waals surface area contributed by atoms with Gasteiger partial charge in [0.2, 0.25) is 0 Å². The highest BCUT2D eigenvalue weighted by atomic mass is 19.1. The van der Waals surface area contributed by atoms with E-state index in [1.165, 1.54) is 22.3 Å². The van der Waals surface area contributed by atoms with Gasteiger partial charge in [-0.05, 0) is 64.3 Å². The molecule has 142 valence electrons. The molecule has 1 aliphatic carbocycles. The number of ether oxygens (including phenoxy) is 2. The van der Waals surface area contributed by atoms with Gasteiger partial charge in [-0.15, -0.1) is 0 Å². The van der Waals surface area contributed by atoms with Crippen LogP contribution < -0.4 is 0 Å². The quantitative estimate of drug-likeness (QED) is 0.319. The lowest BCUT2D eigenvalue weighted by atomic mass is 9.94. The normalized spacial score (nSPS) is 16.7. The molecule has 1 fully saturated rings. The second-order valence-corrected chi connectivity index (χ2v) is 7.61. The minimum Gasteiger partial charge on any atom is -0.379 e. The van der Waals surface area contributed by atoms with E-state index in [4.69, 9.17) is 9.47 Å². The Labute approximate surface area is 164 Å². The van der Waals surface area contributed by atoms with Gasteiger partial charge in [0, 0.05) is 6.61 Å². The molecule has 1 aliphatic heterocycles. The summed E-state index contributed by atoms with van der Waals surface area (Å²) in [6.45, 7) is 2.11. The van der Waals surface area contributed by atoms with Crippen molar-refractivity contribution in [3.63, 3.8) is 0 Å². The number of benzene rings is 3. The maximum Gasteiger partial charge on any atom is 0.127 e. The highest BCUT2D eigenvalue weighted by Crippen LogP contribution is 2.41. The monoisotopic (exact) mass is 374 g/mol. The maximum atomic E-state index is 14.7. The molecule has 3 heteroatoms. The third-order valence-corrected chi connectivity index (χ3v) is 5.66. The van der Waals surface area contributed by atoms with Crippen molar-refractivity contribution < 1.29 is 13.9 Å². The number of epoxide rings is 1. The first-order chi connectivity index (χ1) is 13.8. The van der Waals surface area contributed by atoms with Gasteiger partial charge in [-0.25, -0.2) is 4.39 Å². The fraction of sp³-hybridized carbons (Fsp3) is 0.280. The smallest absolute Gasteiger partial charge is 0.127 e. The molecular formula is C25H23FO2. The molecule has 2 aliphatic rings. The third-order valence-electron chi connectivity index (χ3n) is 5.66. The van der Waals surface area contributed by atoms with Crippen LogP contribution >= 0.6 is 0 Å². The van der Waals surface area contributed by atoms with E-state index in [-0.39, 0.29) is 11.9 Å². The molecule has 0 spiro atoms. The van der Waals surface area contributed by atoms with Crippen LogP contribution in [0.5, 0.6) is 0 Å². The summed E-state index contributed by atoms with van der Waals surface area (Å²) in [7, 11) is 0. The Hall–Kier alpha value is -2.49. The first-order valence-electron chi connectivity index (χ1n) is 9.98. The predicted octanol–water partition coefficient (Wildman–Crippen LogP) is 5.41. The van der Waals surface area contributed by atoms with Crippen molar-refractivity contribution in [1.29, 1.82) is 0 Å². The van der Waals surface area contributed by atoms with E-state index in [1.54, 1.807) is 6.07 Å². The van der Waals surface area contributed by atoms with Crippen LogP contribution in [-0.2, 0) is 22.3 Å². The summed E-state index contributed by atoms with van der Waals surface area (Å²) < 4.78 is 25.4. The van der Waals surface area contributed by atoms with Crippen molar-refractivity contribution in [3.8, 4) is 22.3 Å². The zero-order valence-corrected chi connectivity index (χ0v) is 15.8. The molecule has 1 heterocycles. The highest BCUT2D eigenvalue weighted by molar-refractivity contribution is 5.84. The molecule has 3 aromatic rings. The summed E-state index contributed by atoms with van der Waals surface area (Å²) in [6.07, 6.45) is 2.71. The van der Waals surface area contributed by atoms with E-state index in [0.29, 0.717) is 19.6 Å². The van der Waals surface area contributed by atoms with Crippen LogP contribution in [0.1, 0.15) is 23.1 Å². The average molecular weight is 374 g/mol. The first-order valence-corrected chi connectivity index (χ1v) is 9.98. The van der Waals surface area contributed by atoms with E-state index in [1.807, 2.05) is 6.07 Å². The number of halogens is 1. The van der Waals surface area contributed by atoms with Crippen LogP contribution in [0.4, 0.5) is 4.39 Å². The molecule has 0 aromatic heterocycles.